The van der Waals surface area contributed by atoms with Gasteiger partial charge in [-0.2, -0.15) is 4.98 Å². The lowest BCUT2D eigenvalue weighted by Gasteiger charge is -2.36. The van der Waals surface area contributed by atoms with E-state index in [-0.39, 0.29) is 5.91 Å². The SMILES string of the molecule is COc1cccc(Nc2nccc(N3CCNC(=O)C3c3ccccc3)n2)c1. The highest BCUT2D eigenvalue weighted by molar-refractivity contribution is 5.87. The summed E-state index contributed by atoms with van der Waals surface area (Å²) in [5, 5.41) is 6.14. The Morgan fingerprint density at radius 3 is 2.82 bits per heavy atom. The van der Waals surface area contributed by atoms with Crippen molar-refractivity contribution in [2.24, 2.45) is 0 Å². The van der Waals surface area contributed by atoms with Crippen molar-refractivity contribution in [1.82, 2.24) is 15.3 Å². The van der Waals surface area contributed by atoms with Crippen LogP contribution in [0.5, 0.6) is 5.75 Å². The number of ether oxygens (including phenoxy) is 1. The third kappa shape index (κ3) is 3.73. The van der Waals surface area contributed by atoms with Gasteiger partial charge in [0.1, 0.15) is 17.6 Å². The van der Waals surface area contributed by atoms with Crippen LogP contribution < -0.4 is 20.3 Å². The number of amides is 1. The molecule has 2 N–H and O–H groups in total. The Morgan fingerprint density at radius 2 is 2.00 bits per heavy atom. The van der Waals surface area contributed by atoms with Gasteiger partial charge in [0.2, 0.25) is 11.9 Å². The molecule has 1 saturated heterocycles. The zero-order valence-electron chi connectivity index (χ0n) is 15.5. The summed E-state index contributed by atoms with van der Waals surface area (Å²) in [5.74, 6) is 1.88. The minimum Gasteiger partial charge on any atom is -0.497 e. The van der Waals surface area contributed by atoms with E-state index in [0.29, 0.717) is 24.9 Å². The maximum absolute atomic E-state index is 12.6. The van der Waals surface area contributed by atoms with Crippen LogP contribution in [-0.2, 0) is 4.79 Å². The molecule has 7 nitrogen and oxygen atoms in total. The fraction of sp³-hybridized carbons (Fsp3) is 0.190. The normalized spacial score (nSPS) is 16.4. The molecule has 142 valence electrons. The Bertz CT molecular complexity index is 964. The average molecular weight is 375 g/mol. The predicted molar refractivity (Wildman–Crippen MR) is 108 cm³/mol. The summed E-state index contributed by atoms with van der Waals surface area (Å²) in [5.41, 5.74) is 1.76. The third-order valence-electron chi connectivity index (χ3n) is 4.59. The molecule has 1 aliphatic rings. The summed E-state index contributed by atoms with van der Waals surface area (Å²) in [6, 6.07) is 18.7. The summed E-state index contributed by atoms with van der Waals surface area (Å²) < 4.78 is 5.25. The van der Waals surface area contributed by atoms with Crippen molar-refractivity contribution >= 4 is 23.4 Å². The van der Waals surface area contributed by atoms with Gasteiger partial charge >= 0.3 is 0 Å². The van der Waals surface area contributed by atoms with Gasteiger partial charge in [0.15, 0.2) is 0 Å². The molecule has 1 amide bonds. The highest BCUT2D eigenvalue weighted by Crippen LogP contribution is 2.28. The van der Waals surface area contributed by atoms with Crippen molar-refractivity contribution in [2.75, 3.05) is 30.4 Å². The van der Waals surface area contributed by atoms with Gasteiger partial charge < -0.3 is 20.3 Å². The highest BCUT2D eigenvalue weighted by Gasteiger charge is 2.32. The predicted octanol–water partition coefficient (Wildman–Crippen LogP) is 2.91. The molecule has 0 spiro atoms. The molecule has 1 atom stereocenters. The second-order valence-electron chi connectivity index (χ2n) is 6.39. The van der Waals surface area contributed by atoms with Gasteiger partial charge in [-0.05, 0) is 23.8 Å². The van der Waals surface area contributed by atoms with E-state index >= 15 is 0 Å². The van der Waals surface area contributed by atoms with Crippen LogP contribution in [0.3, 0.4) is 0 Å². The topological polar surface area (TPSA) is 79.4 Å². The summed E-state index contributed by atoms with van der Waals surface area (Å²) in [6.07, 6.45) is 1.69. The molecule has 0 radical (unpaired) electrons. The number of nitrogens with zero attached hydrogens (tertiary/aromatic N) is 3. The quantitative estimate of drug-likeness (QED) is 0.714. The molecule has 4 rings (SSSR count). The first-order valence-electron chi connectivity index (χ1n) is 9.08. The standard InChI is InChI=1S/C21H21N5O2/c1-28-17-9-5-8-16(14-17)24-21-23-11-10-18(25-21)26-13-12-22-20(27)19(26)15-6-3-2-4-7-15/h2-11,14,19H,12-13H2,1H3,(H,22,27)(H,23,24,25). The number of anilines is 3. The minimum absolute atomic E-state index is 0.0293. The van der Waals surface area contributed by atoms with Gasteiger partial charge in [-0.15, -0.1) is 0 Å². The van der Waals surface area contributed by atoms with Crippen molar-refractivity contribution in [2.45, 2.75) is 6.04 Å². The van der Waals surface area contributed by atoms with Crippen LogP contribution in [0.4, 0.5) is 17.5 Å². The van der Waals surface area contributed by atoms with Crippen LogP contribution in [0.15, 0.2) is 66.9 Å². The third-order valence-corrected chi connectivity index (χ3v) is 4.59. The van der Waals surface area contributed by atoms with Crippen LogP contribution >= 0.6 is 0 Å². The first kappa shape index (κ1) is 17.8. The van der Waals surface area contributed by atoms with Crippen LogP contribution in [0, 0.1) is 0 Å². The monoisotopic (exact) mass is 375 g/mol. The molecule has 1 unspecified atom stereocenters. The zero-order chi connectivity index (χ0) is 19.3. The number of carbonyl (C=O) groups is 1. The molecule has 1 aromatic heterocycles. The van der Waals surface area contributed by atoms with E-state index in [4.69, 9.17) is 4.74 Å². The number of nitrogens with one attached hydrogen (secondary N) is 2. The lowest BCUT2D eigenvalue weighted by atomic mass is 10.0. The Hall–Kier alpha value is -3.61. The number of methoxy groups -OCH3 is 1. The van der Waals surface area contributed by atoms with Gasteiger partial charge in [-0.25, -0.2) is 4.98 Å². The first-order chi connectivity index (χ1) is 13.7. The van der Waals surface area contributed by atoms with Crippen molar-refractivity contribution in [1.29, 1.82) is 0 Å². The number of rotatable bonds is 5. The van der Waals surface area contributed by atoms with E-state index < -0.39 is 6.04 Å². The molecule has 0 bridgehead atoms. The molecule has 2 aromatic carbocycles. The number of benzene rings is 2. The van der Waals surface area contributed by atoms with Gasteiger partial charge in [0, 0.05) is 31.0 Å². The summed E-state index contributed by atoms with van der Waals surface area (Å²) in [7, 11) is 1.63. The second-order valence-corrected chi connectivity index (χ2v) is 6.39. The molecule has 1 fully saturated rings. The van der Waals surface area contributed by atoms with Gasteiger partial charge in [0.25, 0.3) is 0 Å². The largest absolute Gasteiger partial charge is 0.497 e. The van der Waals surface area contributed by atoms with Gasteiger partial charge in [-0.3, -0.25) is 4.79 Å². The molecule has 0 aliphatic carbocycles. The first-order valence-corrected chi connectivity index (χ1v) is 9.08. The summed E-state index contributed by atoms with van der Waals surface area (Å²) in [6.45, 7) is 1.24. The number of carbonyl (C=O) groups excluding carboxylic acids is 1. The molecule has 2 heterocycles. The lowest BCUT2D eigenvalue weighted by molar-refractivity contribution is -0.123. The maximum Gasteiger partial charge on any atom is 0.247 e. The number of piperazine rings is 1. The van der Waals surface area contributed by atoms with Crippen molar-refractivity contribution in [3.05, 3.63) is 72.4 Å². The van der Waals surface area contributed by atoms with Crippen LogP contribution in [0.25, 0.3) is 0 Å². The van der Waals surface area contributed by atoms with E-state index in [1.54, 1.807) is 13.3 Å². The van der Waals surface area contributed by atoms with Crippen molar-refractivity contribution < 1.29 is 9.53 Å². The smallest absolute Gasteiger partial charge is 0.247 e. The summed E-state index contributed by atoms with van der Waals surface area (Å²) in [4.78, 5) is 23.6. The van der Waals surface area contributed by atoms with Crippen LogP contribution in [-0.4, -0.2) is 36.1 Å². The van der Waals surface area contributed by atoms with Crippen LogP contribution in [0.1, 0.15) is 11.6 Å². The second kappa shape index (κ2) is 7.96. The zero-order valence-corrected chi connectivity index (χ0v) is 15.5. The molecule has 3 aromatic rings. The van der Waals surface area contributed by atoms with Gasteiger partial charge in [-0.1, -0.05) is 36.4 Å². The van der Waals surface area contributed by atoms with E-state index in [0.717, 1.165) is 17.0 Å². The molecule has 28 heavy (non-hydrogen) atoms. The Kier molecular flexibility index (Phi) is 5.05. The Morgan fingerprint density at radius 1 is 1.14 bits per heavy atom. The molecular formula is C21H21N5O2. The average Bonchev–Trinajstić information content (AvgIpc) is 2.74. The van der Waals surface area contributed by atoms with Crippen LogP contribution in [0.2, 0.25) is 0 Å². The van der Waals surface area contributed by atoms with E-state index in [9.17, 15) is 4.79 Å². The fourth-order valence-electron chi connectivity index (χ4n) is 3.28. The van der Waals surface area contributed by atoms with Crippen molar-refractivity contribution in [3.63, 3.8) is 0 Å². The Balaban J connectivity index is 1.62. The molecule has 0 saturated carbocycles. The van der Waals surface area contributed by atoms with E-state index in [1.807, 2.05) is 65.6 Å². The minimum atomic E-state index is -0.422. The number of aromatic nitrogens is 2. The van der Waals surface area contributed by atoms with E-state index in [1.165, 1.54) is 0 Å². The Labute approximate surface area is 163 Å². The number of hydrogen-bond acceptors (Lipinski definition) is 6. The molecular weight excluding hydrogens is 354 g/mol. The lowest BCUT2D eigenvalue weighted by Crippen LogP contribution is -2.50. The number of hydrogen-bond donors (Lipinski definition) is 2. The summed E-state index contributed by atoms with van der Waals surface area (Å²) >= 11 is 0. The van der Waals surface area contributed by atoms with Crippen molar-refractivity contribution in [3.8, 4) is 5.75 Å². The highest BCUT2D eigenvalue weighted by atomic mass is 16.5. The fourth-order valence-corrected chi connectivity index (χ4v) is 3.28. The molecule has 7 heteroatoms. The van der Waals surface area contributed by atoms with E-state index in [2.05, 4.69) is 20.6 Å². The maximum atomic E-state index is 12.6. The van der Waals surface area contributed by atoms with Gasteiger partial charge in [0.05, 0.1) is 7.11 Å². The molecule has 1 aliphatic heterocycles.